The van der Waals surface area contributed by atoms with Gasteiger partial charge < -0.3 is 9.30 Å². The molecule has 5 nitrogen and oxygen atoms in total. The molecule has 2 fully saturated rings. The minimum atomic E-state index is -2.53. The number of hydrogen-bond acceptors (Lipinski definition) is 4. The molecule has 1 aromatic rings. The average Bonchev–Trinajstić information content (AvgIpc) is 3.00. The standard InChI is InChI=1S/C10H10NO4P/c12-11(13)7-2-1-3-8(6-7)16(14)5-4-9-10(16)15-9/h1-3,6,9-10H,4-5H2/t9-,10+,16-/m1/s1. The Morgan fingerprint density at radius 1 is 1.50 bits per heavy atom. The lowest BCUT2D eigenvalue weighted by atomic mass is 10.3. The monoisotopic (exact) mass is 239 g/mol. The van der Waals surface area contributed by atoms with Crippen molar-refractivity contribution >= 4 is 18.1 Å². The van der Waals surface area contributed by atoms with Gasteiger partial charge in [0, 0.05) is 23.6 Å². The van der Waals surface area contributed by atoms with E-state index >= 15 is 0 Å². The van der Waals surface area contributed by atoms with Gasteiger partial charge in [-0.2, -0.15) is 0 Å². The van der Waals surface area contributed by atoms with Gasteiger partial charge in [-0.25, -0.2) is 0 Å². The second kappa shape index (κ2) is 3.15. The Kier molecular flexibility index (Phi) is 1.97. The molecule has 1 aromatic carbocycles. The minimum absolute atomic E-state index is 0.00294. The van der Waals surface area contributed by atoms with Crippen molar-refractivity contribution < 1.29 is 14.2 Å². The van der Waals surface area contributed by atoms with Crippen molar-refractivity contribution in [3.05, 3.63) is 34.4 Å². The van der Waals surface area contributed by atoms with Crippen LogP contribution in [-0.2, 0) is 9.30 Å². The summed E-state index contributed by atoms with van der Waals surface area (Å²) in [6.07, 6.45) is 1.55. The lowest BCUT2D eigenvalue weighted by molar-refractivity contribution is -0.384. The third kappa shape index (κ3) is 1.32. The van der Waals surface area contributed by atoms with Gasteiger partial charge in [0.05, 0.1) is 11.0 Å². The number of nitrogens with zero attached hydrogens (tertiary/aromatic N) is 1. The molecular weight excluding hydrogens is 229 g/mol. The predicted octanol–water partition coefficient (Wildman–Crippen LogP) is 1.71. The van der Waals surface area contributed by atoms with E-state index in [4.69, 9.17) is 4.74 Å². The largest absolute Gasteiger partial charge is 0.361 e. The molecular formula is C10H10NO4P. The third-order valence-electron chi connectivity index (χ3n) is 3.19. The van der Waals surface area contributed by atoms with Crippen molar-refractivity contribution in [1.82, 2.24) is 0 Å². The lowest BCUT2D eigenvalue weighted by Crippen LogP contribution is -2.09. The molecule has 2 aliphatic rings. The van der Waals surface area contributed by atoms with Gasteiger partial charge in [-0.1, -0.05) is 12.1 Å². The van der Waals surface area contributed by atoms with Gasteiger partial charge in [0.1, 0.15) is 13.0 Å². The summed E-state index contributed by atoms with van der Waals surface area (Å²) in [6.45, 7) is 0. The summed E-state index contributed by atoms with van der Waals surface area (Å²) in [4.78, 5) is 10.2. The van der Waals surface area contributed by atoms with Crippen LogP contribution in [0.25, 0.3) is 0 Å². The SMILES string of the molecule is O=[N+]([O-])c1cccc([P@]2(=O)CC[C@H]3O[C@H]32)c1. The summed E-state index contributed by atoms with van der Waals surface area (Å²) in [6, 6.07) is 6.13. The number of non-ortho nitro benzene ring substituents is 1. The van der Waals surface area contributed by atoms with Crippen LogP contribution in [0.5, 0.6) is 0 Å². The summed E-state index contributed by atoms with van der Waals surface area (Å²) < 4.78 is 17.9. The molecule has 16 heavy (non-hydrogen) atoms. The van der Waals surface area contributed by atoms with Crippen LogP contribution in [0.2, 0.25) is 0 Å². The molecule has 3 rings (SSSR count). The molecule has 84 valence electrons. The normalized spacial score (nSPS) is 35.8. The summed E-state index contributed by atoms with van der Waals surface area (Å²) in [5.74, 6) is -0.172. The Hall–Kier alpha value is -1.19. The number of nitro benzene ring substituents is 1. The van der Waals surface area contributed by atoms with Crippen molar-refractivity contribution in [3.8, 4) is 0 Å². The summed E-state index contributed by atoms with van der Waals surface area (Å²) in [5, 5.41) is 11.2. The minimum Gasteiger partial charge on any atom is -0.361 e. The van der Waals surface area contributed by atoms with Gasteiger partial charge in [-0.05, 0) is 6.42 Å². The van der Waals surface area contributed by atoms with E-state index in [2.05, 4.69) is 0 Å². The van der Waals surface area contributed by atoms with Crippen LogP contribution in [0.1, 0.15) is 6.42 Å². The smallest absolute Gasteiger partial charge is 0.270 e. The molecule has 0 aliphatic carbocycles. The Morgan fingerprint density at radius 2 is 2.31 bits per heavy atom. The molecule has 0 radical (unpaired) electrons. The molecule has 2 saturated heterocycles. The number of epoxide rings is 1. The summed E-state index contributed by atoms with van der Waals surface area (Å²) in [5.41, 5.74) is -0.00294. The van der Waals surface area contributed by atoms with Crippen molar-refractivity contribution in [2.75, 3.05) is 6.16 Å². The van der Waals surface area contributed by atoms with Crippen LogP contribution in [0.15, 0.2) is 24.3 Å². The van der Waals surface area contributed by atoms with Crippen LogP contribution in [0, 0.1) is 10.1 Å². The number of nitro groups is 1. The fourth-order valence-electron chi connectivity index (χ4n) is 2.28. The highest BCUT2D eigenvalue weighted by atomic mass is 31.2. The molecule has 2 aliphatic heterocycles. The van der Waals surface area contributed by atoms with Crippen molar-refractivity contribution in [1.29, 1.82) is 0 Å². The van der Waals surface area contributed by atoms with Gasteiger partial charge >= 0.3 is 0 Å². The van der Waals surface area contributed by atoms with Gasteiger partial charge in [-0.15, -0.1) is 0 Å². The maximum atomic E-state index is 12.6. The van der Waals surface area contributed by atoms with Crippen molar-refractivity contribution in [2.45, 2.75) is 18.4 Å². The van der Waals surface area contributed by atoms with E-state index in [9.17, 15) is 14.7 Å². The maximum absolute atomic E-state index is 12.6. The fourth-order valence-corrected chi connectivity index (χ4v) is 5.45. The Labute approximate surface area is 91.9 Å². The summed E-state index contributed by atoms with van der Waals surface area (Å²) in [7, 11) is -2.53. The Balaban J connectivity index is 2.03. The Bertz CT molecular complexity index is 515. The van der Waals surface area contributed by atoms with E-state index in [-0.39, 0.29) is 17.6 Å². The predicted molar refractivity (Wildman–Crippen MR) is 58.5 cm³/mol. The number of rotatable bonds is 2. The quantitative estimate of drug-likeness (QED) is 0.341. The first-order chi connectivity index (χ1) is 7.61. The number of fused-ring (bicyclic) bond motifs is 1. The second-order valence-electron chi connectivity index (χ2n) is 4.15. The number of hydrogen-bond donors (Lipinski definition) is 0. The highest BCUT2D eigenvalue weighted by Crippen LogP contribution is 2.65. The van der Waals surface area contributed by atoms with E-state index in [0.29, 0.717) is 11.5 Å². The first kappa shape index (κ1) is 10.00. The first-order valence-corrected chi connectivity index (χ1v) is 7.06. The zero-order chi connectivity index (χ0) is 11.3. The highest BCUT2D eigenvalue weighted by molar-refractivity contribution is 7.72. The van der Waals surface area contributed by atoms with E-state index in [1.54, 1.807) is 12.1 Å². The molecule has 0 bridgehead atoms. The average molecular weight is 239 g/mol. The Morgan fingerprint density at radius 3 is 2.88 bits per heavy atom. The molecule has 6 heteroatoms. The number of benzene rings is 1. The summed E-state index contributed by atoms with van der Waals surface area (Å²) >= 11 is 0. The van der Waals surface area contributed by atoms with E-state index in [1.165, 1.54) is 12.1 Å². The molecule has 2 heterocycles. The molecule has 3 atom stereocenters. The van der Waals surface area contributed by atoms with Crippen LogP contribution < -0.4 is 5.30 Å². The zero-order valence-electron chi connectivity index (χ0n) is 8.41. The van der Waals surface area contributed by atoms with Gasteiger partial charge in [0.25, 0.3) is 5.69 Å². The number of ether oxygens (including phenoxy) is 1. The van der Waals surface area contributed by atoms with Crippen molar-refractivity contribution in [3.63, 3.8) is 0 Å². The zero-order valence-corrected chi connectivity index (χ0v) is 9.30. The topological polar surface area (TPSA) is 72.7 Å². The molecule has 0 unspecified atom stereocenters. The first-order valence-electron chi connectivity index (χ1n) is 5.10. The van der Waals surface area contributed by atoms with Gasteiger partial charge in [0.2, 0.25) is 0 Å². The molecule has 0 N–H and O–H groups in total. The second-order valence-corrected chi connectivity index (χ2v) is 7.21. The van der Waals surface area contributed by atoms with Crippen LogP contribution >= 0.6 is 7.14 Å². The van der Waals surface area contributed by atoms with E-state index < -0.39 is 12.1 Å². The molecule has 0 amide bonds. The third-order valence-corrected chi connectivity index (χ3v) is 6.54. The van der Waals surface area contributed by atoms with Crippen LogP contribution in [-0.4, -0.2) is 23.0 Å². The fraction of sp³-hybridized carbons (Fsp3) is 0.400. The van der Waals surface area contributed by atoms with Crippen LogP contribution in [0.4, 0.5) is 5.69 Å². The van der Waals surface area contributed by atoms with Gasteiger partial charge in [-0.3, -0.25) is 10.1 Å². The highest BCUT2D eigenvalue weighted by Gasteiger charge is 2.58. The lowest BCUT2D eigenvalue weighted by Gasteiger charge is -2.11. The maximum Gasteiger partial charge on any atom is 0.270 e. The van der Waals surface area contributed by atoms with Gasteiger partial charge in [0.15, 0.2) is 0 Å². The van der Waals surface area contributed by atoms with E-state index in [1.807, 2.05) is 0 Å². The molecule has 0 saturated carbocycles. The van der Waals surface area contributed by atoms with Crippen LogP contribution in [0.3, 0.4) is 0 Å². The molecule has 0 spiro atoms. The van der Waals surface area contributed by atoms with E-state index in [0.717, 1.165) is 6.42 Å². The van der Waals surface area contributed by atoms with Crippen molar-refractivity contribution in [2.24, 2.45) is 0 Å². The molecule has 0 aromatic heterocycles.